The van der Waals surface area contributed by atoms with E-state index in [-0.39, 0.29) is 12.0 Å². The first-order valence-corrected chi connectivity index (χ1v) is 6.54. The molecule has 3 aliphatic rings. The van der Waals surface area contributed by atoms with Gasteiger partial charge in [0.1, 0.15) is 11.6 Å². The Morgan fingerprint density at radius 2 is 1.83 bits per heavy atom. The van der Waals surface area contributed by atoms with E-state index in [1.54, 1.807) is 20.8 Å². The first kappa shape index (κ1) is 11.8. The minimum Gasteiger partial charge on any atom is -0.480 e. The molecule has 0 radical (unpaired) electrons. The van der Waals surface area contributed by atoms with Crippen LogP contribution < -0.4 is 0 Å². The number of aliphatic carboxylic acids is 1. The fourth-order valence-electron chi connectivity index (χ4n) is 3.76. The second kappa shape index (κ2) is 3.39. The molecule has 3 fully saturated rings. The highest BCUT2D eigenvalue weighted by atomic mass is 16.6. The number of hydrogen-bond donors (Lipinski definition) is 1. The molecule has 18 heavy (non-hydrogen) atoms. The lowest BCUT2D eigenvalue weighted by Gasteiger charge is -2.34. The number of ether oxygens (including phenoxy) is 1. The van der Waals surface area contributed by atoms with Crippen LogP contribution in [0, 0.1) is 17.8 Å². The van der Waals surface area contributed by atoms with E-state index in [0.717, 1.165) is 12.8 Å². The molecule has 3 rings (SSSR count). The van der Waals surface area contributed by atoms with Crippen molar-refractivity contribution in [3.8, 4) is 0 Å². The van der Waals surface area contributed by atoms with Crippen LogP contribution in [-0.4, -0.2) is 39.8 Å². The van der Waals surface area contributed by atoms with Crippen LogP contribution in [0.1, 0.15) is 33.6 Å². The maximum atomic E-state index is 12.2. The van der Waals surface area contributed by atoms with Crippen molar-refractivity contribution in [3.63, 3.8) is 0 Å². The number of nitrogens with zero attached hydrogens (tertiary/aromatic N) is 1. The first-order chi connectivity index (χ1) is 8.29. The summed E-state index contributed by atoms with van der Waals surface area (Å²) in [4.78, 5) is 25.0. The largest absolute Gasteiger partial charge is 0.480 e. The Morgan fingerprint density at radius 3 is 2.39 bits per heavy atom. The molecule has 0 aromatic carbocycles. The highest BCUT2D eigenvalue weighted by molar-refractivity contribution is 5.82. The molecule has 0 spiro atoms. The molecule has 1 saturated heterocycles. The summed E-state index contributed by atoms with van der Waals surface area (Å²) in [5, 5.41) is 9.34. The summed E-state index contributed by atoms with van der Waals surface area (Å²) in [5.41, 5.74) is -0.578. The van der Waals surface area contributed by atoms with E-state index in [2.05, 4.69) is 0 Å². The van der Waals surface area contributed by atoms with Gasteiger partial charge in [0.15, 0.2) is 0 Å². The number of amides is 1. The van der Waals surface area contributed by atoms with Gasteiger partial charge in [-0.05, 0) is 51.4 Å². The Bertz CT molecular complexity index is 414. The molecule has 2 aliphatic carbocycles. The molecule has 100 valence electrons. The summed E-state index contributed by atoms with van der Waals surface area (Å²) < 4.78 is 5.35. The Hall–Kier alpha value is -1.26. The van der Waals surface area contributed by atoms with Crippen LogP contribution in [-0.2, 0) is 9.53 Å². The monoisotopic (exact) mass is 253 g/mol. The normalized spacial score (nSPS) is 40.6. The molecule has 5 nitrogen and oxygen atoms in total. The number of likely N-dealkylation sites (tertiary alicyclic amines) is 1. The summed E-state index contributed by atoms with van der Waals surface area (Å²) in [7, 11) is 0. The molecule has 2 bridgehead atoms. The second-order valence-electron chi connectivity index (χ2n) is 6.70. The number of hydrogen-bond acceptors (Lipinski definition) is 3. The van der Waals surface area contributed by atoms with Crippen molar-refractivity contribution in [2.24, 2.45) is 17.8 Å². The molecule has 5 heteroatoms. The zero-order valence-corrected chi connectivity index (χ0v) is 10.9. The van der Waals surface area contributed by atoms with E-state index in [4.69, 9.17) is 4.74 Å². The minimum absolute atomic E-state index is 0.0935. The average Bonchev–Trinajstić information content (AvgIpc) is 2.81. The van der Waals surface area contributed by atoms with Crippen LogP contribution >= 0.6 is 0 Å². The third kappa shape index (κ3) is 1.60. The summed E-state index contributed by atoms with van der Waals surface area (Å²) in [6, 6.07) is -0.579. The van der Waals surface area contributed by atoms with Crippen molar-refractivity contribution in [3.05, 3.63) is 0 Å². The third-order valence-corrected chi connectivity index (χ3v) is 4.37. The first-order valence-electron chi connectivity index (χ1n) is 6.54. The number of carbonyl (C=O) groups excluding carboxylic acids is 1. The van der Waals surface area contributed by atoms with Crippen LogP contribution in [0.2, 0.25) is 0 Å². The van der Waals surface area contributed by atoms with Gasteiger partial charge < -0.3 is 9.84 Å². The van der Waals surface area contributed by atoms with Crippen LogP contribution in [0.4, 0.5) is 4.79 Å². The Balaban J connectivity index is 1.82. The third-order valence-electron chi connectivity index (χ3n) is 4.37. The average molecular weight is 253 g/mol. The Kier molecular flexibility index (Phi) is 2.23. The van der Waals surface area contributed by atoms with Crippen molar-refractivity contribution >= 4 is 12.1 Å². The number of piperidine rings is 1. The molecule has 2 unspecified atom stereocenters. The zero-order chi connectivity index (χ0) is 13.2. The molecular formula is C13H19NO4. The van der Waals surface area contributed by atoms with Crippen LogP contribution in [0.5, 0.6) is 0 Å². The van der Waals surface area contributed by atoms with Gasteiger partial charge >= 0.3 is 12.1 Å². The van der Waals surface area contributed by atoms with E-state index < -0.39 is 23.7 Å². The predicted molar refractivity (Wildman–Crippen MR) is 63.0 cm³/mol. The Labute approximate surface area is 106 Å². The number of carboxylic acids is 1. The molecule has 1 aliphatic heterocycles. The zero-order valence-electron chi connectivity index (χ0n) is 10.9. The van der Waals surface area contributed by atoms with Crippen molar-refractivity contribution < 1.29 is 19.4 Å². The number of carbonyl (C=O) groups is 2. The van der Waals surface area contributed by atoms with Crippen LogP contribution in [0.3, 0.4) is 0 Å². The van der Waals surface area contributed by atoms with Gasteiger partial charge in [0.2, 0.25) is 0 Å². The summed E-state index contributed by atoms with van der Waals surface area (Å²) in [6.07, 6.45) is 1.46. The number of rotatable bonds is 1. The van der Waals surface area contributed by atoms with E-state index in [1.807, 2.05) is 0 Å². The van der Waals surface area contributed by atoms with Crippen molar-refractivity contribution in [1.82, 2.24) is 4.90 Å². The molecule has 1 heterocycles. The highest BCUT2D eigenvalue weighted by Gasteiger charge is 2.68. The van der Waals surface area contributed by atoms with Gasteiger partial charge in [-0.1, -0.05) is 0 Å². The predicted octanol–water partition coefficient (Wildman–Crippen LogP) is 1.71. The molecule has 1 amide bonds. The van der Waals surface area contributed by atoms with Crippen LogP contribution in [0.25, 0.3) is 0 Å². The summed E-state index contributed by atoms with van der Waals surface area (Å²) in [5.74, 6) is 0.316. The minimum atomic E-state index is -0.890. The lowest BCUT2D eigenvalue weighted by atomic mass is 9.97. The van der Waals surface area contributed by atoms with E-state index >= 15 is 0 Å². The van der Waals surface area contributed by atoms with E-state index in [1.165, 1.54) is 4.90 Å². The molecular weight excluding hydrogens is 234 g/mol. The van der Waals surface area contributed by atoms with Gasteiger partial charge in [-0.25, -0.2) is 9.59 Å². The van der Waals surface area contributed by atoms with Crippen molar-refractivity contribution in [2.75, 3.05) is 0 Å². The maximum absolute atomic E-state index is 12.2. The van der Waals surface area contributed by atoms with Crippen molar-refractivity contribution in [1.29, 1.82) is 0 Å². The number of fused-ring (bicyclic) bond motifs is 5. The lowest BCUT2D eigenvalue weighted by Crippen LogP contribution is -2.51. The summed E-state index contributed by atoms with van der Waals surface area (Å²) >= 11 is 0. The summed E-state index contributed by atoms with van der Waals surface area (Å²) in [6.45, 7) is 5.40. The molecule has 1 N–H and O–H groups in total. The standard InChI is InChI=1S/C13H19NO4/c1-13(2,3)18-12(17)14-9-5-8(6-4-7(6)9)10(14)11(15)16/h6-10H,4-5H2,1-3H3,(H,15,16)/t6?,7?,8-,9+,10+/m1/s1. The Morgan fingerprint density at radius 1 is 1.17 bits per heavy atom. The second-order valence-corrected chi connectivity index (χ2v) is 6.70. The van der Waals surface area contributed by atoms with Crippen LogP contribution in [0.15, 0.2) is 0 Å². The maximum Gasteiger partial charge on any atom is 0.411 e. The van der Waals surface area contributed by atoms with Gasteiger partial charge in [0, 0.05) is 6.04 Å². The van der Waals surface area contributed by atoms with Gasteiger partial charge in [-0.15, -0.1) is 0 Å². The quantitative estimate of drug-likeness (QED) is 0.772. The SMILES string of the molecule is CC(C)(C)OC(=O)N1[C@H](C(=O)O)[C@@H]2C[C@H]1C1CC12. The fourth-order valence-corrected chi connectivity index (χ4v) is 3.76. The topological polar surface area (TPSA) is 66.8 Å². The fraction of sp³-hybridized carbons (Fsp3) is 0.846. The van der Waals surface area contributed by atoms with Gasteiger partial charge in [0.05, 0.1) is 0 Å². The molecule has 2 saturated carbocycles. The lowest BCUT2D eigenvalue weighted by molar-refractivity contribution is -0.145. The van der Waals surface area contributed by atoms with E-state index in [9.17, 15) is 14.7 Å². The molecule has 0 aromatic rings. The smallest absolute Gasteiger partial charge is 0.411 e. The molecule has 0 aromatic heterocycles. The van der Waals surface area contributed by atoms with Gasteiger partial charge in [0.25, 0.3) is 0 Å². The van der Waals surface area contributed by atoms with Gasteiger partial charge in [-0.3, -0.25) is 4.90 Å². The number of carboxylic acid groups (broad SMARTS) is 1. The van der Waals surface area contributed by atoms with Gasteiger partial charge in [-0.2, -0.15) is 0 Å². The van der Waals surface area contributed by atoms with Crippen molar-refractivity contribution in [2.45, 2.75) is 51.3 Å². The van der Waals surface area contributed by atoms with E-state index in [0.29, 0.717) is 11.8 Å². The highest BCUT2D eigenvalue weighted by Crippen LogP contribution is 2.63. The molecule has 5 atom stereocenters.